The number of aliphatic carboxylic acids is 1. The largest absolute Gasteiger partial charge is 0.480 e. The van der Waals surface area contributed by atoms with Crippen LogP contribution in [0.25, 0.3) is 0 Å². The van der Waals surface area contributed by atoms with Gasteiger partial charge < -0.3 is 10.0 Å². The molecule has 98 valence electrons. The fourth-order valence-electron chi connectivity index (χ4n) is 2.79. The Morgan fingerprint density at radius 3 is 1.88 bits per heavy atom. The normalized spacial score (nSPS) is 22.9. The van der Waals surface area contributed by atoms with E-state index in [1.807, 2.05) is 0 Å². The number of carboxylic acids is 1. The maximum atomic E-state index is 12.3. The van der Waals surface area contributed by atoms with Crippen molar-refractivity contribution >= 4 is 11.9 Å². The second-order valence-electron chi connectivity index (χ2n) is 6.09. The number of nitrogens with zero attached hydrogens (tertiary/aromatic N) is 1. The summed E-state index contributed by atoms with van der Waals surface area (Å²) in [6.07, 6.45) is 0.436. The van der Waals surface area contributed by atoms with Gasteiger partial charge in [-0.05, 0) is 17.3 Å². The van der Waals surface area contributed by atoms with Crippen LogP contribution in [0.4, 0.5) is 0 Å². The van der Waals surface area contributed by atoms with Crippen LogP contribution in [-0.4, -0.2) is 35.0 Å². The first-order chi connectivity index (χ1) is 7.59. The quantitative estimate of drug-likeness (QED) is 0.819. The van der Waals surface area contributed by atoms with E-state index >= 15 is 0 Å². The summed E-state index contributed by atoms with van der Waals surface area (Å²) in [7, 11) is 1.59. The average molecular weight is 241 g/mol. The molecule has 17 heavy (non-hydrogen) atoms. The number of likely N-dealkylation sites (N-methyl/N-ethyl adjacent to an activating group) is 1. The molecular weight excluding hydrogens is 218 g/mol. The molecule has 1 aliphatic rings. The minimum absolute atomic E-state index is 0.0465. The molecule has 0 radical (unpaired) electrons. The molecule has 1 N–H and O–H groups in total. The zero-order valence-electron chi connectivity index (χ0n) is 11.6. The lowest BCUT2D eigenvalue weighted by Crippen LogP contribution is -2.43. The molecule has 0 aromatic carbocycles. The van der Waals surface area contributed by atoms with Crippen molar-refractivity contribution in [1.29, 1.82) is 0 Å². The summed E-state index contributed by atoms with van der Waals surface area (Å²) in [5.41, 5.74) is -0.0930. The molecule has 1 saturated carbocycles. The fourth-order valence-corrected chi connectivity index (χ4v) is 2.79. The lowest BCUT2D eigenvalue weighted by Gasteiger charge is -2.24. The van der Waals surface area contributed by atoms with Crippen LogP contribution in [0.2, 0.25) is 0 Å². The van der Waals surface area contributed by atoms with Gasteiger partial charge in [0.2, 0.25) is 5.91 Å². The molecule has 1 unspecified atom stereocenters. The molecule has 4 heteroatoms. The molecule has 0 aromatic heterocycles. The molecular formula is C13H23NO3. The standard InChI is InChI=1S/C13H23NO3/c1-7-8(11(16)17)14(6)10(15)9-12(2,3)13(9,4)5/h8-9H,7H2,1-6H3,(H,16,17). The van der Waals surface area contributed by atoms with E-state index in [0.29, 0.717) is 6.42 Å². The molecule has 0 bridgehead atoms. The second-order valence-corrected chi connectivity index (χ2v) is 6.09. The molecule has 1 amide bonds. The highest BCUT2D eigenvalue weighted by atomic mass is 16.4. The van der Waals surface area contributed by atoms with E-state index in [4.69, 9.17) is 5.11 Å². The number of rotatable bonds is 4. The molecule has 1 fully saturated rings. The van der Waals surface area contributed by atoms with Crippen molar-refractivity contribution in [2.45, 2.75) is 47.1 Å². The number of carboxylic acid groups (broad SMARTS) is 1. The Bertz CT molecular complexity index is 333. The first-order valence-corrected chi connectivity index (χ1v) is 6.08. The Hall–Kier alpha value is -1.06. The molecule has 0 spiro atoms. The SMILES string of the molecule is CCC(C(=O)O)N(C)C(=O)C1C(C)(C)C1(C)C. The Balaban J connectivity index is 2.83. The minimum atomic E-state index is -0.931. The van der Waals surface area contributed by atoms with Gasteiger partial charge in [-0.2, -0.15) is 0 Å². The van der Waals surface area contributed by atoms with Crippen LogP contribution in [0.3, 0.4) is 0 Å². The van der Waals surface area contributed by atoms with Crippen LogP contribution < -0.4 is 0 Å². The maximum Gasteiger partial charge on any atom is 0.326 e. The van der Waals surface area contributed by atoms with Gasteiger partial charge in [0.25, 0.3) is 0 Å². The van der Waals surface area contributed by atoms with Crippen molar-refractivity contribution in [3.63, 3.8) is 0 Å². The van der Waals surface area contributed by atoms with Gasteiger partial charge in [-0.25, -0.2) is 4.79 Å². The Kier molecular flexibility index (Phi) is 3.29. The van der Waals surface area contributed by atoms with E-state index in [0.717, 1.165) is 0 Å². The summed E-state index contributed by atoms with van der Waals surface area (Å²) in [6.45, 7) is 10.0. The van der Waals surface area contributed by atoms with E-state index < -0.39 is 12.0 Å². The first kappa shape index (κ1) is 14.0. The van der Waals surface area contributed by atoms with Crippen molar-refractivity contribution in [1.82, 2.24) is 4.90 Å². The Labute approximate surface area is 103 Å². The van der Waals surface area contributed by atoms with Gasteiger partial charge in [0.05, 0.1) is 0 Å². The molecule has 1 aliphatic carbocycles. The van der Waals surface area contributed by atoms with Crippen molar-refractivity contribution in [3.05, 3.63) is 0 Å². The van der Waals surface area contributed by atoms with Gasteiger partial charge in [-0.1, -0.05) is 34.6 Å². The monoisotopic (exact) mass is 241 g/mol. The third-order valence-electron chi connectivity index (χ3n) is 4.75. The van der Waals surface area contributed by atoms with Gasteiger partial charge in [0.15, 0.2) is 0 Å². The molecule has 0 aromatic rings. The summed E-state index contributed by atoms with van der Waals surface area (Å²) >= 11 is 0. The molecule has 0 aliphatic heterocycles. The van der Waals surface area contributed by atoms with E-state index in [2.05, 4.69) is 27.7 Å². The summed E-state index contributed by atoms with van der Waals surface area (Å²) in [6, 6.07) is -0.713. The third-order valence-corrected chi connectivity index (χ3v) is 4.75. The molecule has 1 atom stereocenters. The summed E-state index contributed by atoms with van der Waals surface area (Å²) in [5.74, 6) is -1.05. The Morgan fingerprint density at radius 1 is 1.24 bits per heavy atom. The number of amides is 1. The van der Waals surface area contributed by atoms with Gasteiger partial charge in [0, 0.05) is 13.0 Å². The van der Waals surface area contributed by atoms with E-state index in [1.165, 1.54) is 4.90 Å². The van der Waals surface area contributed by atoms with E-state index in [-0.39, 0.29) is 22.7 Å². The number of hydrogen-bond acceptors (Lipinski definition) is 2. The maximum absolute atomic E-state index is 12.3. The van der Waals surface area contributed by atoms with Crippen LogP contribution in [0.5, 0.6) is 0 Å². The minimum Gasteiger partial charge on any atom is -0.480 e. The number of hydrogen-bond donors (Lipinski definition) is 1. The third kappa shape index (κ3) is 1.94. The van der Waals surface area contributed by atoms with E-state index in [9.17, 15) is 9.59 Å². The van der Waals surface area contributed by atoms with Crippen molar-refractivity contribution in [2.24, 2.45) is 16.7 Å². The van der Waals surface area contributed by atoms with E-state index in [1.54, 1.807) is 14.0 Å². The van der Waals surface area contributed by atoms with Crippen LogP contribution >= 0.6 is 0 Å². The topological polar surface area (TPSA) is 57.6 Å². The number of carbonyl (C=O) groups excluding carboxylic acids is 1. The summed E-state index contributed by atoms with van der Waals surface area (Å²) in [4.78, 5) is 24.7. The molecule has 1 rings (SSSR count). The van der Waals surface area contributed by atoms with Gasteiger partial charge in [0.1, 0.15) is 6.04 Å². The van der Waals surface area contributed by atoms with Gasteiger partial charge in [-0.15, -0.1) is 0 Å². The van der Waals surface area contributed by atoms with Crippen molar-refractivity contribution in [2.75, 3.05) is 7.05 Å². The summed E-state index contributed by atoms with van der Waals surface area (Å²) in [5, 5.41) is 9.06. The highest BCUT2D eigenvalue weighted by molar-refractivity contribution is 5.88. The fraction of sp³-hybridized carbons (Fsp3) is 0.846. The van der Waals surface area contributed by atoms with Crippen LogP contribution in [0, 0.1) is 16.7 Å². The van der Waals surface area contributed by atoms with Crippen molar-refractivity contribution < 1.29 is 14.7 Å². The predicted octanol–water partition coefficient (Wildman–Crippen LogP) is 1.99. The smallest absolute Gasteiger partial charge is 0.326 e. The summed E-state index contributed by atoms with van der Waals surface area (Å²) < 4.78 is 0. The zero-order valence-corrected chi connectivity index (χ0v) is 11.6. The van der Waals surface area contributed by atoms with Gasteiger partial charge >= 0.3 is 5.97 Å². The van der Waals surface area contributed by atoms with Crippen LogP contribution in [-0.2, 0) is 9.59 Å². The lowest BCUT2D eigenvalue weighted by molar-refractivity contribution is -0.150. The number of carbonyl (C=O) groups is 2. The first-order valence-electron chi connectivity index (χ1n) is 6.08. The van der Waals surface area contributed by atoms with Gasteiger partial charge in [-0.3, -0.25) is 4.79 Å². The average Bonchev–Trinajstić information content (AvgIpc) is 2.56. The predicted molar refractivity (Wildman–Crippen MR) is 65.5 cm³/mol. The van der Waals surface area contributed by atoms with Crippen LogP contribution in [0.15, 0.2) is 0 Å². The highest BCUT2D eigenvalue weighted by Crippen LogP contribution is 2.68. The second kappa shape index (κ2) is 4.00. The highest BCUT2D eigenvalue weighted by Gasteiger charge is 2.68. The Morgan fingerprint density at radius 2 is 1.65 bits per heavy atom. The lowest BCUT2D eigenvalue weighted by atomic mass is 10.0. The van der Waals surface area contributed by atoms with Crippen LogP contribution in [0.1, 0.15) is 41.0 Å². The zero-order chi connectivity index (χ0) is 13.6. The van der Waals surface area contributed by atoms with Crippen molar-refractivity contribution in [3.8, 4) is 0 Å². The molecule has 0 heterocycles. The molecule has 0 saturated heterocycles. The molecule has 4 nitrogen and oxygen atoms in total.